The van der Waals surface area contributed by atoms with Gasteiger partial charge in [-0.05, 0) is 60.7 Å². The number of methoxy groups -OCH3 is 1. The first-order chi connectivity index (χ1) is 42.4. The summed E-state index contributed by atoms with van der Waals surface area (Å²) in [5, 5.41) is 10.0. The van der Waals surface area contributed by atoms with Crippen LogP contribution in [-0.4, -0.2) is 32.0 Å². The molecule has 0 aliphatic rings. The van der Waals surface area contributed by atoms with E-state index in [1.54, 1.807) is 63.8 Å². The molecule has 0 spiro atoms. The third-order valence-corrected chi connectivity index (χ3v) is 19.0. The number of para-hydroxylation sites is 5. The van der Waals surface area contributed by atoms with Gasteiger partial charge in [0, 0.05) is 155 Å². The van der Waals surface area contributed by atoms with E-state index in [9.17, 15) is 0 Å². The molecule has 0 amide bonds. The molecule has 91 heavy (non-hydrogen) atoms. The zero-order valence-corrected chi connectivity index (χ0v) is 64.2. The average Bonchev–Trinajstić information content (AvgIpc) is 1.83. The maximum absolute atomic E-state index is 5.12. The molecule has 0 saturated heterocycles. The van der Waals surface area contributed by atoms with Crippen molar-refractivity contribution < 1.29 is 105 Å². The van der Waals surface area contributed by atoms with E-state index in [2.05, 4.69) is 172 Å². The molecule has 5 heterocycles. The quantitative estimate of drug-likeness (QED) is 0.154. The van der Waals surface area contributed by atoms with E-state index in [0.29, 0.717) is 0 Å². The molecule has 0 aliphatic heterocycles. The van der Waals surface area contributed by atoms with Crippen LogP contribution in [0.3, 0.4) is 0 Å². The van der Waals surface area contributed by atoms with Crippen LogP contribution in [0.2, 0.25) is 0 Å². The SMILES string of the molecule is COc1c[c-]c(-c2nc3ccccc3s2)cc1.Cc1c[c-]c(-c2nc3ccccc3s2)cc1.[Ir].[Ir].[Ir].[Ir].[Ir].[c-]1cc2ccccc2cc1-c1nc2ccccc2s1.[c-]1ccc2ccccc2c1-c1nc2ccccc2s1.[c-]1ccccc1-c1nc2ccccc2s1. The molecule has 0 saturated carbocycles. The number of aromatic nitrogens is 5. The van der Waals surface area contributed by atoms with Crippen molar-refractivity contribution >= 4 is 129 Å². The second-order valence-electron chi connectivity index (χ2n) is 19.5. The van der Waals surface area contributed by atoms with Crippen LogP contribution in [0.4, 0.5) is 0 Å². The topological polar surface area (TPSA) is 73.7 Å². The number of nitrogens with zero attached hydrogens (tertiary/aromatic N) is 5. The Labute approximate surface area is 615 Å². The van der Waals surface area contributed by atoms with Gasteiger partial charge in [0.05, 0.1) is 34.7 Å². The molecule has 459 valence electrons. The Balaban J connectivity index is 0.000000145. The van der Waals surface area contributed by atoms with Crippen molar-refractivity contribution in [3.05, 3.63) is 291 Å². The Hall–Kier alpha value is -6.34. The third kappa shape index (κ3) is 17.3. The van der Waals surface area contributed by atoms with Gasteiger partial charge in [-0.3, -0.25) is 24.9 Å². The summed E-state index contributed by atoms with van der Waals surface area (Å²) in [5.41, 5.74) is 11.8. The van der Waals surface area contributed by atoms with E-state index >= 15 is 0 Å². The summed E-state index contributed by atoms with van der Waals surface area (Å²) in [6.07, 6.45) is 0. The van der Waals surface area contributed by atoms with Crippen LogP contribution in [0.15, 0.2) is 255 Å². The van der Waals surface area contributed by atoms with Gasteiger partial charge in [-0.25, -0.2) is 0 Å². The van der Waals surface area contributed by atoms with Crippen molar-refractivity contribution in [3.8, 4) is 58.6 Å². The molecule has 0 fully saturated rings. The van der Waals surface area contributed by atoms with Crippen molar-refractivity contribution in [2.75, 3.05) is 7.11 Å². The largest absolute Gasteiger partial charge is 0.540 e. The maximum atomic E-state index is 5.12. The first-order valence-corrected chi connectivity index (χ1v) is 31.6. The normalized spacial score (nSPS) is 10.3. The fourth-order valence-electron chi connectivity index (χ4n) is 9.35. The number of aryl methyl sites for hydroxylation is 1. The van der Waals surface area contributed by atoms with Crippen LogP contribution >= 0.6 is 56.7 Å². The Kier molecular flexibility index (Phi) is 26.3. The van der Waals surface area contributed by atoms with E-state index in [1.807, 2.05) is 140 Å². The molecule has 12 aromatic carbocycles. The number of ether oxygens (including phenoxy) is 1. The van der Waals surface area contributed by atoms with E-state index in [-0.39, 0.29) is 101 Å². The molecular formula is C75H48Ir5N5OS5-5. The van der Waals surface area contributed by atoms with Crippen LogP contribution < -0.4 is 4.74 Å². The minimum absolute atomic E-state index is 0. The van der Waals surface area contributed by atoms with Gasteiger partial charge in [-0.15, -0.1) is 159 Å². The smallest absolute Gasteiger partial charge is 0.0697 e. The fraction of sp³-hybridized carbons (Fsp3) is 0.0267. The van der Waals surface area contributed by atoms with Gasteiger partial charge in [-0.2, -0.15) is 56.7 Å². The van der Waals surface area contributed by atoms with Crippen LogP contribution in [0.25, 0.3) is 125 Å². The molecule has 0 aliphatic carbocycles. The minimum atomic E-state index is 0. The van der Waals surface area contributed by atoms with Crippen molar-refractivity contribution in [2.45, 2.75) is 6.92 Å². The standard InChI is InChI=1S/2C17H10NS.C14H10NOS.C14H10NS.C13H8NS.5Ir/c1-2-8-13-12(6-1)7-5-9-14(13)17-18-15-10-3-4-11-16(15)19-17;1-2-6-13-11-14(10-9-12(13)5-1)17-18-15-7-3-4-8-16(15)19-17;1-16-11-8-6-10(7-9-11)14-15-12-4-2-3-5-13(12)17-14;1-10-6-8-11(9-7-10)14-15-12-4-2-3-5-13(12)16-14;1-2-6-10(7-3-1)13-14-11-8-4-5-9-12(11)15-13;;;;;/h1-8,10-11H;1-9,11H;2-6,8-9H,1H3;2-8H,1H3;1-6,8-9H;;;;;/q5*-1;;;;;. The van der Waals surface area contributed by atoms with E-state index < -0.39 is 0 Å². The van der Waals surface area contributed by atoms with Crippen LogP contribution in [0.1, 0.15) is 5.56 Å². The molecule has 17 rings (SSSR count). The number of hydrogen-bond donors (Lipinski definition) is 0. The number of thiazole rings is 5. The first-order valence-electron chi connectivity index (χ1n) is 27.5. The Morgan fingerprint density at radius 2 is 0.703 bits per heavy atom. The van der Waals surface area contributed by atoms with Gasteiger partial charge in [0.25, 0.3) is 0 Å². The Bertz CT molecular complexity index is 4940. The zero-order valence-electron chi connectivity index (χ0n) is 48.1. The summed E-state index contributed by atoms with van der Waals surface area (Å²) in [5.74, 6) is 0.815. The Morgan fingerprint density at radius 3 is 1.15 bits per heavy atom. The predicted molar refractivity (Wildman–Crippen MR) is 366 cm³/mol. The van der Waals surface area contributed by atoms with E-state index in [0.717, 1.165) is 86.2 Å². The second kappa shape index (κ2) is 34.0. The molecule has 6 nitrogen and oxygen atoms in total. The molecule has 0 atom stereocenters. The average molecular weight is 2160 g/mol. The summed E-state index contributed by atoms with van der Waals surface area (Å²) in [4.78, 5) is 23.2. The summed E-state index contributed by atoms with van der Waals surface area (Å²) < 4.78 is 11.2. The number of fused-ring (bicyclic) bond motifs is 7. The summed E-state index contributed by atoms with van der Waals surface area (Å²) in [7, 11) is 1.65. The maximum Gasteiger partial charge on any atom is 0.0697 e. The molecule has 5 radical (unpaired) electrons. The number of hydrogen-bond acceptors (Lipinski definition) is 11. The van der Waals surface area contributed by atoms with Crippen molar-refractivity contribution in [1.29, 1.82) is 0 Å². The van der Waals surface area contributed by atoms with E-state index in [4.69, 9.17) is 9.72 Å². The fourth-order valence-corrected chi connectivity index (χ4v) is 14.1. The molecular weight excluding hydrogens is 2110 g/mol. The Morgan fingerprint density at radius 1 is 0.308 bits per heavy atom. The third-order valence-electron chi connectivity index (χ3n) is 13.7. The number of benzene rings is 12. The molecule has 5 aromatic heterocycles. The molecule has 17 aromatic rings. The van der Waals surface area contributed by atoms with Crippen LogP contribution in [0, 0.1) is 37.3 Å². The van der Waals surface area contributed by atoms with Gasteiger partial charge in [0.2, 0.25) is 0 Å². The summed E-state index contributed by atoms with van der Waals surface area (Å²) >= 11 is 8.54. The van der Waals surface area contributed by atoms with Gasteiger partial charge < -0.3 is 4.74 Å². The van der Waals surface area contributed by atoms with Gasteiger partial charge in [0.15, 0.2) is 0 Å². The minimum Gasteiger partial charge on any atom is -0.540 e. The molecule has 0 bridgehead atoms. The van der Waals surface area contributed by atoms with Gasteiger partial charge >= 0.3 is 0 Å². The van der Waals surface area contributed by atoms with Crippen molar-refractivity contribution in [1.82, 2.24) is 24.9 Å². The monoisotopic (exact) mass is 2160 g/mol. The van der Waals surface area contributed by atoms with Crippen LogP contribution in [0.5, 0.6) is 5.75 Å². The first kappa shape index (κ1) is 70.5. The van der Waals surface area contributed by atoms with Gasteiger partial charge in [0.1, 0.15) is 0 Å². The van der Waals surface area contributed by atoms with Gasteiger partial charge in [-0.1, -0.05) is 127 Å². The second-order valence-corrected chi connectivity index (χ2v) is 24.7. The summed E-state index contributed by atoms with van der Waals surface area (Å²) in [6.45, 7) is 2.07. The predicted octanol–water partition coefficient (Wildman–Crippen LogP) is 21.4. The van der Waals surface area contributed by atoms with Crippen LogP contribution in [-0.2, 0) is 101 Å². The molecule has 0 unspecified atom stereocenters. The molecule has 0 N–H and O–H groups in total. The van der Waals surface area contributed by atoms with Crippen molar-refractivity contribution in [3.63, 3.8) is 0 Å². The van der Waals surface area contributed by atoms with Crippen molar-refractivity contribution in [2.24, 2.45) is 0 Å². The van der Waals surface area contributed by atoms with E-state index in [1.165, 1.54) is 50.6 Å². The molecule has 16 heteroatoms. The zero-order chi connectivity index (χ0) is 58.0. The summed E-state index contributed by atoms with van der Waals surface area (Å²) in [6, 6.07) is 102. The number of rotatable bonds is 6.